The summed E-state index contributed by atoms with van der Waals surface area (Å²) in [6.07, 6.45) is 4.21. The van der Waals surface area contributed by atoms with Crippen molar-refractivity contribution in [3.63, 3.8) is 0 Å². The molecule has 0 atom stereocenters. The molecular formula is C18H21NO3. The van der Waals surface area contributed by atoms with E-state index in [0.717, 1.165) is 40.2 Å². The molecule has 2 aromatic rings. The first-order valence-electron chi connectivity index (χ1n) is 7.17. The average molecular weight is 299 g/mol. The van der Waals surface area contributed by atoms with Crippen molar-refractivity contribution in [2.24, 2.45) is 0 Å². The lowest BCUT2D eigenvalue weighted by Gasteiger charge is -2.16. The van der Waals surface area contributed by atoms with Crippen LogP contribution in [0.1, 0.15) is 23.6 Å². The molecule has 116 valence electrons. The molecule has 0 fully saturated rings. The SMILES string of the molecule is C=Cc1c(-c2cc(OC)c(CC)c(OC)c2)c[nH]c(=O)c1C. The maximum absolute atomic E-state index is 11.8. The van der Waals surface area contributed by atoms with Gasteiger partial charge in [-0.25, -0.2) is 0 Å². The summed E-state index contributed by atoms with van der Waals surface area (Å²) in [4.78, 5) is 14.5. The lowest BCUT2D eigenvalue weighted by Crippen LogP contribution is -2.11. The highest BCUT2D eigenvalue weighted by Crippen LogP contribution is 2.36. The third kappa shape index (κ3) is 2.64. The highest BCUT2D eigenvalue weighted by atomic mass is 16.5. The molecular weight excluding hydrogens is 278 g/mol. The van der Waals surface area contributed by atoms with Gasteiger partial charge in [0.05, 0.1) is 14.2 Å². The number of benzene rings is 1. The summed E-state index contributed by atoms with van der Waals surface area (Å²) in [6.45, 7) is 7.66. The van der Waals surface area contributed by atoms with Crippen molar-refractivity contribution in [3.8, 4) is 22.6 Å². The summed E-state index contributed by atoms with van der Waals surface area (Å²) in [5, 5.41) is 0. The van der Waals surface area contributed by atoms with E-state index in [4.69, 9.17) is 9.47 Å². The molecule has 0 spiro atoms. The second-order valence-corrected chi connectivity index (χ2v) is 4.99. The molecule has 0 aliphatic heterocycles. The number of aromatic amines is 1. The van der Waals surface area contributed by atoms with Crippen molar-refractivity contribution in [3.05, 3.63) is 52.0 Å². The fourth-order valence-corrected chi connectivity index (χ4v) is 2.64. The Balaban J connectivity index is 2.76. The molecule has 22 heavy (non-hydrogen) atoms. The van der Waals surface area contributed by atoms with Crippen LogP contribution >= 0.6 is 0 Å². The Hall–Kier alpha value is -2.49. The van der Waals surface area contributed by atoms with Gasteiger partial charge in [0.15, 0.2) is 0 Å². The van der Waals surface area contributed by atoms with Crippen LogP contribution in [-0.4, -0.2) is 19.2 Å². The molecule has 0 saturated heterocycles. The van der Waals surface area contributed by atoms with E-state index < -0.39 is 0 Å². The molecule has 2 rings (SSSR count). The van der Waals surface area contributed by atoms with Crippen LogP contribution in [0, 0.1) is 6.92 Å². The van der Waals surface area contributed by atoms with E-state index >= 15 is 0 Å². The number of methoxy groups -OCH3 is 2. The van der Waals surface area contributed by atoms with Gasteiger partial charge in [0.25, 0.3) is 5.56 Å². The third-order valence-electron chi connectivity index (χ3n) is 3.86. The lowest BCUT2D eigenvalue weighted by atomic mass is 9.96. The van der Waals surface area contributed by atoms with Gasteiger partial charge in [0.1, 0.15) is 11.5 Å². The van der Waals surface area contributed by atoms with Gasteiger partial charge >= 0.3 is 0 Å². The van der Waals surface area contributed by atoms with E-state index in [2.05, 4.69) is 18.5 Å². The topological polar surface area (TPSA) is 51.3 Å². The number of hydrogen-bond acceptors (Lipinski definition) is 3. The second-order valence-electron chi connectivity index (χ2n) is 4.99. The molecule has 0 aliphatic carbocycles. The fraction of sp³-hybridized carbons (Fsp3) is 0.278. The maximum atomic E-state index is 11.8. The molecule has 4 heteroatoms. The minimum absolute atomic E-state index is 0.109. The van der Waals surface area contributed by atoms with Crippen LogP contribution in [0.15, 0.2) is 29.7 Å². The van der Waals surface area contributed by atoms with Crippen molar-refractivity contribution >= 4 is 6.08 Å². The molecule has 0 radical (unpaired) electrons. The Kier molecular flexibility index (Phi) is 4.71. The highest BCUT2D eigenvalue weighted by molar-refractivity contribution is 5.78. The van der Waals surface area contributed by atoms with Gasteiger partial charge in [-0.1, -0.05) is 19.6 Å². The van der Waals surface area contributed by atoms with Crippen molar-refractivity contribution in [2.75, 3.05) is 14.2 Å². The van der Waals surface area contributed by atoms with Gasteiger partial charge in [0.2, 0.25) is 0 Å². The first-order chi connectivity index (χ1) is 10.6. The summed E-state index contributed by atoms with van der Waals surface area (Å²) < 4.78 is 11.0. The van der Waals surface area contributed by atoms with Crippen LogP contribution in [-0.2, 0) is 6.42 Å². The first kappa shape index (κ1) is 15.9. The minimum Gasteiger partial charge on any atom is -0.496 e. The molecule has 1 N–H and O–H groups in total. The Morgan fingerprint density at radius 2 is 1.82 bits per heavy atom. The monoisotopic (exact) mass is 299 g/mol. The van der Waals surface area contributed by atoms with E-state index in [0.29, 0.717) is 5.56 Å². The van der Waals surface area contributed by atoms with Crippen LogP contribution in [0.5, 0.6) is 11.5 Å². The normalized spacial score (nSPS) is 10.4. The summed E-state index contributed by atoms with van der Waals surface area (Å²) in [7, 11) is 3.29. The van der Waals surface area contributed by atoms with Gasteiger partial charge < -0.3 is 14.5 Å². The average Bonchev–Trinajstić information content (AvgIpc) is 2.55. The van der Waals surface area contributed by atoms with Crippen LogP contribution in [0.2, 0.25) is 0 Å². The zero-order chi connectivity index (χ0) is 16.3. The Morgan fingerprint density at radius 3 is 2.27 bits per heavy atom. The lowest BCUT2D eigenvalue weighted by molar-refractivity contribution is 0.386. The number of nitrogens with one attached hydrogen (secondary N) is 1. The third-order valence-corrected chi connectivity index (χ3v) is 3.86. The quantitative estimate of drug-likeness (QED) is 0.918. The predicted molar refractivity (Wildman–Crippen MR) is 89.8 cm³/mol. The fourth-order valence-electron chi connectivity index (χ4n) is 2.64. The van der Waals surface area contributed by atoms with E-state index in [1.807, 2.05) is 12.1 Å². The molecule has 0 amide bonds. The smallest absolute Gasteiger partial charge is 0.251 e. The summed E-state index contributed by atoms with van der Waals surface area (Å²) in [5.74, 6) is 1.55. The first-order valence-corrected chi connectivity index (χ1v) is 7.17. The van der Waals surface area contributed by atoms with E-state index in [-0.39, 0.29) is 5.56 Å². The van der Waals surface area contributed by atoms with Gasteiger partial charge in [-0.2, -0.15) is 0 Å². The Labute approximate surface area is 130 Å². The summed E-state index contributed by atoms with van der Waals surface area (Å²) in [5.41, 5.74) is 4.19. The van der Waals surface area contributed by atoms with Gasteiger partial charge in [0, 0.05) is 22.9 Å². The van der Waals surface area contributed by atoms with Crippen LogP contribution in [0.3, 0.4) is 0 Å². The molecule has 1 aromatic carbocycles. The second kappa shape index (κ2) is 6.52. The van der Waals surface area contributed by atoms with Crippen LogP contribution < -0.4 is 15.0 Å². The van der Waals surface area contributed by atoms with Gasteiger partial charge in [-0.05, 0) is 36.6 Å². The molecule has 4 nitrogen and oxygen atoms in total. The highest BCUT2D eigenvalue weighted by Gasteiger charge is 2.15. The number of pyridine rings is 1. The number of rotatable bonds is 5. The summed E-state index contributed by atoms with van der Waals surface area (Å²) >= 11 is 0. The van der Waals surface area contributed by atoms with Crippen LogP contribution in [0.4, 0.5) is 0 Å². The predicted octanol–water partition coefficient (Wildman–Crippen LogP) is 3.57. The zero-order valence-corrected chi connectivity index (χ0v) is 13.4. The number of H-pyrrole nitrogens is 1. The molecule has 1 heterocycles. The van der Waals surface area contributed by atoms with E-state index in [1.54, 1.807) is 33.4 Å². The van der Waals surface area contributed by atoms with E-state index in [1.165, 1.54) is 0 Å². The number of hydrogen-bond donors (Lipinski definition) is 1. The standard InChI is InChI=1S/C18H21NO3/c1-6-13-11(3)18(20)19-10-15(13)12-8-16(21-4)14(7-2)17(9-12)22-5/h6,8-10H,1,7H2,2-5H3,(H,19,20). The molecule has 0 bridgehead atoms. The molecule has 0 saturated carbocycles. The number of ether oxygens (including phenoxy) is 2. The summed E-state index contributed by atoms with van der Waals surface area (Å²) in [6, 6.07) is 3.92. The van der Waals surface area contributed by atoms with Crippen molar-refractivity contribution in [1.82, 2.24) is 4.98 Å². The molecule has 1 aromatic heterocycles. The molecule has 0 aliphatic rings. The minimum atomic E-state index is -0.109. The zero-order valence-electron chi connectivity index (χ0n) is 13.4. The van der Waals surface area contributed by atoms with Crippen LogP contribution in [0.25, 0.3) is 17.2 Å². The van der Waals surface area contributed by atoms with Crippen molar-refractivity contribution < 1.29 is 9.47 Å². The maximum Gasteiger partial charge on any atom is 0.251 e. The van der Waals surface area contributed by atoms with E-state index in [9.17, 15) is 4.79 Å². The largest absolute Gasteiger partial charge is 0.496 e. The van der Waals surface area contributed by atoms with Crippen molar-refractivity contribution in [2.45, 2.75) is 20.3 Å². The Bertz CT molecular complexity index is 734. The van der Waals surface area contributed by atoms with Gasteiger partial charge in [-0.15, -0.1) is 0 Å². The number of aromatic nitrogens is 1. The van der Waals surface area contributed by atoms with Gasteiger partial charge in [-0.3, -0.25) is 4.79 Å². The van der Waals surface area contributed by atoms with Crippen molar-refractivity contribution in [1.29, 1.82) is 0 Å². The Morgan fingerprint density at radius 1 is 1.23 bits per heavy atom. The molecule has 0 unspecified atom stereocenters.